The van der Waals surface area contributed by atoms with E-state index in [-0.39, 0.29) is 28.9 Å². The van der Waals surface area contributed by atoms with Crippen LogP contribution in [-0.2, 0) is 0 Å². The smallest absolute Gasteiger partial charge is 0.261 e. The van der Waals surface area contributed by atoms with E-state index < -0.39 is 5.91 Å². The summed E-state index contributed by atoms with van der Waals surface area (Å²) in [7, 11) is 1.59. The zero-order chi connectivity index (χ0) is 15.6. The summed E-state index contributed by atoms with van der Waals surface area (Å²) in [5.74, 6) is -0.848. The lowest BCUT2D eigenvalue weighted by molar-refractivity contribution is 0.0736. The molecule has 2 aromatic carbocycles. The molecule has 0 aromatic heterocycles. The van der Waals surface area contributed by atoms with Gasteiger partial charge in [0.2, 0.25) is 0 Å². The highest BCUT2D eigenvalue weighted by atomic mass is 16.3. The highest BCUT2D eigenvalue weighted by Gasteiger charge is 2.24. The van der Waals surface area contributed by atoms with Crippen LogP contribution in [0.5, 0.6) is 17.2 Å². The first-order chi connectivity index (χ1) is 9.91. The normalized spacial score (nSPS) is 11.9. The van der Waals surface area contributed by atoms with Gasteiger partial charge >= 0.3 is 0 Å². The highest BCUT2D eigenvalue weighted by molar-refractivity contribution is 5.99. The van der Waals surface area contributed by atoms with Gasteiger partial charge in [0, 0.05) is 7.05 Å². The third-order valence-corrected chi connectivity index (χ3v) is 3.51. The largest absolute Gasteiger partial charge is 0.508 e. The van der Waals surface area contributed by atoms with Crippen molar-refractivity contribution in [2.45, 2.75) is 13.0 Å². The average Bonchev–Trinajstić information content (AvgIpc) is 2.46. The molecule has 2 rings (SSSR count). The van der Waals surface area contributed by atoms with E-state index in [4.69, 9.17) is 0 Å². The number of hydrogen-bond donors (Lipinski definition) is 3. The number of benzene rings is 2. The Morgan fingerprint density at radius 1 is 1.00 bits per heavy atom. The van der Waals surface area contributed by atoms with Gasteiger partial charge in [-0.1, -0.05) is 18.2 Å². The molecule has 0 heterocycles. The van der Waals surface area contributed by atoms with Crippen LogP contribution in [0, 0.1) is 0 Å². The van der Waals surface area contributed by atoms with Crippen LogP contribution in [0.2, 0.25) is 0 Å². The topological polar surface area (TPSA) is 81.0 Å². The number of phenolic OH excluding ortho intramolecular Hbond substituents is 3. The summed E-state index contributed by atoms with van der Waals surface area (Å²) in [6.45, 7) is 1.82. The van der Waals surface area contributed by atoms with Crippen molar-refractivity contribution in [1.29, 1.82) is 0 Å². The van der Waals surface area contributed by atoms with Gasteiger partial charge in [-0.3, -0.25) is 4.79 Å². The molecule has 5 heteroatoms. The molecule has 0 aliphatic heterocycles. The van der Waals surface area contributed by atoms with Gasteiger partial charge in [-0.05, 0) is 36.8 Å². The number of carbonyl (C=O) groups is 1. The Morgan fingerprint density at radius 3 is 2.05 bits per heavy atom. The number of aromatic hydroxyl groups is 3. The van der Waals surface area contributed by atoms with E-state index in [1.165, 1.54) is 23.1 Å². The Kier molecular flexibility index (Phi) is 4.03. The van der Waals surface area contributed by atoms with Crippen LogP contribution in [0.15, 0.2) is 42.5 Å². The van der Waals surface area contributed by atoms with E-state index in [1.54, 1.807) is 31.3 Å². The van der Waals surface area contributed by atoms with Crippen molar-refractivity contribution >= 4 is 5.91 Å². The molecule has 1 atom stereocenters. The van der Waals surface area contributed by atoms with Gasteiger partial charge in [0.15, 0.2) is 0 Å². The van der Waals surface area contributed by atoms with Crippen molar-refractivity contribution in [3.63, 3.8) is 0 Å². The van der Waals surface area contributed by atoms with Gasteiger partial charge < -0.3 is 20.2 Å². The summed E-state index contributed by atoms with van der Waals surface area (Å²) >= 11 is 0. The Labute approximate surface area is 122 Å². The molecule has 21 heavy (non-hydrogen) atoms. The second kappa shape index (κ2) is 5.75. The van der Waals surface area contributed by atoms with Crippen LogP contribution < -0.4 is 0 Å². The van der Waals surface area contributed by atoms with Crippen LogP contribution in [-0.4, -0.2) is 33.2 Å². The summed E-state index contributed by atoms with van der Waals surface area (Å²) in [6, 6.07) is 10.4. The fourth-order valence-electron chi connectivity index (χ4n) is 2.08. The molecule has 1 unspecified atom stereocenters. The molecule has 0 aliphatic carbocycles. The van der Waals surface area contributed by atoms with Gasteiger partial charge in [0.25, 0.3) is 5.91 Å². The van der Waals surface area contributed by atoms with Crippen molar-refractivity contribution in [3.05, 3.63) is 53.6 Å². The maximum Gasteiger partial charge on any atom is 0.261 e. The van der Waals surface area contributed by atoms with Crippen molar-refractivity contribution in [2.75, 3.05) is 7.05 Å². The minimum absolute atomic E-state index is 0.120. The SMILES string of the molecule is CC(c1ccc(O)cc1)N(C)C(=O)c1c(O)cccc1O. The Balaban J connectivity index is 2.28. The first-order valence-corrected chi connectivity index (χ1v) is 6.49. The monoisotopic (exact) mass is 287 g/mol. The molecule has 0 fully saturated rings. The number of hydrogen-bond acceptors (Lipinski definition) is 4. The predicted molar refractivity (Wildman–Crippen MR) is 78.4 cm³/mol. The molecular formula is C16H17NO4. The lowest BCUT2D eigenvalue weighted by atomic mass is 10.1. The van der Waals surface area contributed by atoms with Crippen molar-refractivity contribution in [2.24, 2.45) is 0 Å². The number of nitrogens with zero attached hydrogens (tertiary/aromatic N) is 1. The Bertz CT molecular complexity index is 632. The Hall–Kier alpha value is -2.69. The molecule has 0 spiro atoms. The van der Waals surface area contributed by atoms with Gasteiger partial charge in [0.05, 0.1) is 6.04 Å². The van der Waals surface area contributed by atoms with E-state index in [9.17, 15) is 20.1 Å². The predicted octanol–water partition coefficient (Wildman–Crippen LogP) is 2.64. The van der Waals surface area contributed by atoms with E-state index >= 15 is 0 Å². The lowest BCUT2D eigenvalue weighted by Gasteiger charge is -2.26. The fourth-order valence-corrected chi connectivity index (χ4v) is 2.08. The minimum atomic E-state index is -0.480. The summed E-state index contributed by atoms with van der Waals surface area (Å²) in [5, 5.41) is 28.8. The maximum atomic E-state index is 12.4. The van der Waals surface area contributed by atoms with Gasteiger partial charge in [-0.25, -0.2) is 0 Å². The third kappa shape index (κ3) is 2.91. The first kappa shape index (κ1) is 14.7. The quantitative estimate of drug-likeness (QED) is 0.810. The lowest BCUT2D eigenvalue weighted by Crippen LogP contribution is -2.29. The molecule has 5 nitrogen and oxygen atoms in total. The second-order valence-corrected chi connectivity index (χ2v) is 4.85. The van der Waals surface area contributed by atoms with Gasteiger partial charge in [-0.2, -0.15) is 0 Å². The van der Waals surface area contributed by atoms with Crippen molar-refractivity contribution in [1.82, 2.24) is 4.90 Å². The van der Waals surface area contributed by atoms with Crippen LogP contribution in [0.25, 0.3) is 0 Å². The molecule has 0 aliphatic rings. The molecule has 0 radical (unpaired) electrons. The van der Waals surface area contributed by atoms with E-state index in [2.05, 4.69) is 0 Å². The van der Waals surface area contributed by atoms with Crippen molar-refractivity contribution < 1.29 is 20.1 Å². The first-order valence-electron chi connectivity index (χ1n) is 6.49. The zero-order valence-corrected chi connectivity index (χ0v) is 11.8. The van der Waals surface area contributed by atoms with Gasteiger partial charge in [0.1, 0.15) is 22.8 Å². The number of phenols is 3. The fraction of sp³-hybridized carbons (Fsp3) is 0.188. The number of amides is 1. The molecule has 3 N–H and O–H groups in total. The number of carbonyl (C=O) groups excluding carboxylic acids is 1. The van der Waals surface area contributed by atoms with Crippen LogP contribution in [0.4, 0.5) is 0 Å². The zero-order valence-electron chi connectivity index (χ0n) is 11.8. The second-order valence-electron chi connectivity index (χ2n) is 4.85. The molecule has 2 aromatic rings. The van der Waals surface area contributed by atoms with E-state index in [0.29, 0.717) is 0 Å². The van der Waals surface area contributed by atoms with Gasteiger partial charge in [-0.15, -0.1) is 0 Å². The standard InChI is InChI=1S/C16H17NO4/c1-10(11-6-8-12(18)9-7-11)17(2)16(21)15-13(19)4-3-5-14(15)20/h3-10,18-20H,1-2H3. The summed E-state index contributed by atoms with van der Waals surface area (Å²) < 4.78 is 0. The summed E-state index contributed by atoms with van der Waals surface area (Å²) in [4.78, 5) is 13.8. The molecule has 0 saturated carbocycles. The van der Waals surface area contributed by atoms with E-state index in [0.717, 1.165) is 5.56 Å². The van der Waals surface area contributed by atoms with Crippen LogP contribution in [0.1, 0.15) is 28.9 Å². The van der Waals surface area contributed by atoms with Crippen molar-refractivity contribution in [3.8, 4) is 17.2 Å². The Morgan fingerprint density at radius 2 is 1.52 bits per heavy atom. The van der Waals surface area contributed by atoms with Crippen LogP contribution >= 0.6 is 0 Å². The maximum absolute atomic E-state index is 12.4. The average molecular weight is 287 g/mol. The number of rotatable bonds is 3. The molecule has 0 saturated heterocycles. The van der Waals surface area contributed by atoms with Crippen LogP contribution in [0.3, 0.4) is 0 Å². The molecule has 1 amide bonds. The third-order valence-electron chi connectivity index (χ3n) is 3.51. The molecule has 0 bridgehead atoms. The molecular weight excluding hydrogens is 270 g/mol. The van der Waals surface area contributed by atoms with E-state index in [1.807, 2.05) is 6.92 Å². The highest BCUT2D eigenvalue weighted by Crippen LogP contribution is 2.30. The minimum Gasteiger partial charge on any atom is -0.508 e. The summed E-state index contributed by atoms with van der Waals surface area (Å²) in [6.07, 6.45) is 0. The molecule has 110 valence electrons. The summed E-state index contributed by atoms with van der Waals surface area (Å²) in [5.41, 5.74) is 0.712.